The third kappa shape index (κ3) is 1.46. The molecule has 4 rings (SSSR count). The van der Waals surface area contributed by atoms with Gasteiger partial charge in [0, 0.05) is 11.0 Å². The molecule has 1 atom stereocenters. The summed E-state index contributed by atoms with van der Waals surface area (Å²) < 4.78 is 0. The lowest BCUT2D eigenvalue weighted by molar-refractivity contribution is 0.0909. The normalized spacial score (nSPS) is 22.7. The van der Waals surface area contributed by atoms with Crippen LogP contribution in [0.5, 0.6) is 0 Å². The Labute approximate surface area is 112 Å². The molecule has 1 saturated carbocycles. The van der Waals surface area contributed by atoms with Crippen molar-refractivity contribution in [3.8, 4) is 0 Å². The average Bonchev–Trinajstić information content (AvgIpc) is 3.26. The van der Waals surface area contributed by atoms with Gasteiger partial charge < -0.3 is 5.32 Å². The molecule has 1 N–H and O–H groups in total. The van der Waals surface area contributed by atoms with Gasteiger partial charge in [0.1, 0.15) is 0 Å². The maximum Gasteiger partial charge on any atom is 0.252 e. The Bertz CT molecular complexity index is 643. The van der Waals surface area contributed by atoms with Gasteiger partial charge in [-0.1, -0.05) is 48.5 Å². The minimum atomic E-state index is 0.0574. The van der Waals surface area contributed by atoms with Crippen molar-refractivity contribution in [2.24, 2.45) is 0 Å². The van der Waals surface area contributed by atoms with Crippen LogP contribution in [0.1, 0.15) is 40.4 Å². The van der Waals surface area contributed by atoms with Crippen molar-refractivity contribution in [2.45, 2.75) is 24.3 Å². The number of benzene rings is 2. The van der Waals surface area contributed by atoms with Crippen LogP contribution in [0.2, 0.25) is 0 Å². The predicted octanol–water partition coefficient (Wildman–Crippen LogP) is 3.20. The Morgan fingerprint density at radius 1 is 0.947 bits per heavy atom. The van der Waals surface area contributed by atoms with Crippen molar-refractivity contribution in [1.82, 2.24) is 5.32 Å². The second-order valence-corrected chi connectivity index (χ2v) is 5.52. The maximum absolute atomic E-state index is 12.3. The fourth-order valence-corrected chi connectivity index (χ4v) is 3.36. The Morgan fingerprint density at radius 3 is 2.37 bits per heavy atom. The zero-order valence-corrected chi connectivity index (χ0v) is 10.6. The van der Waals surface area contributed by atoms with Gasteiger partial charge in [0.2, 0.25) is 0 Å². The quantitative estimate of drug-likeness (QED) is 0.826. The van der Waals surface area contributed by atoms with Crippen LogP contribution >= 0.6 is 0 Å². The Kier molecular flexibility index (Phi) is 2.10. The molecule has 1 aliphatic carbocycles. The van der Waals surface area contributed by atoms with Crippen LogP contribution in [-0.2, 0) is 5.41 Å². The standard InChI is InChI=1S/C17H15NO/c19-16-13-8-4-5-9-14(13)17(10-11-17)15(18-16)12-6-2-1-3-7-12/h1-9,15H,10-11H2,(H,18,19). The number of rotatable bonds is 1. The lowest BCUT2D eigenvalue weighted by Gasteiger charge is -2.34. The van der Waals surface area contributed by atoms with E-state index in [4.69, 9.17) is 0 Å². The summed E-state index contributed by atoms with van der Waals surface area (Å²) in [7, 11) is 0. The molecule has 1 fully saturated rings. The van der Waals surface area contributed by atoms with Gasteiger partial charge in [-0.15, -0.1) is 0 Å². The van der Waals surface area contributed by atoms with Gasteiger partial charge in [0.15, 0.2) is 0 Å². The number of amides is 1. The molecular weight excluding hydrogens is 234 g/mol. The van der Waals surface area contributed by atoms with E-state index in [0.717, 1.165) is 18.4 Å². The first kappa shape index (κ1) is 10.8. The molecule has 2 aromatic carbocycles. The number of fused-ring (bicyclic) bond motifs is 2. The first-order chi connectivity index (χ1) is 9.31. The first-order valence-corrected chi connectivity index (χ1v) is 6.77. The molecule has 2 nitrogen and oxygen atoms in total. The highest BCUT2D eigenvalue weighted by Gasteiger charge is 2.55. The maximum atomic E-state index is 12.3. The van der Waals surface area contributed by atoms with Crippen molar-refractivity contribution in [2.75, 3.05) is 0 Å². The van der Waals surface area contributed by atoms with E-state index < -0.39 is 0 Å². The summed E-state index contributed by atoms with van der Waals surface area (Å²) in [6.45, 7) is 0. The molecule has 19 heavy (non-hydrogen) atoms. The number of carbonyl (C=O) groups is 1. The third-order valence-electron chi connectivity index (χ3n) is 4.46. The number of hydrogen-bond acceptors (Lipinski definition) is 1. The monoisotopic (exact) mass is 249 g/mol. The largest absolute Gasteiger partial charge is 0.344 e. The summed E-state index contributed by atoms with van der Waals surface area (Å²) in [6, 6.07) is 18.5. The summed E-state index contributed by atoms with van der Waals surface area (Å²) in [4.78, 5) is 12.3. The lowest BCUT2D eigenvalue weighted by Crippen LogP contribution is -2.42. The summed E-state index contributed by atoms with van der Waals surface area (Å²) in [5, 5.41) is 3.20. The third-order valence-corrected chi connectivity index (χ3v) is 4.46. The highest BCUT2D eigenvalue weighted by molar-refractivity contribution is 5.98. The van der Waals surface area contributed by atoms with Crippen molar-refractivity contribution in [1.29, 1.82) is 0 Å². The van der Waals surface area contributed by atoms with E-state index in [1.807, 2.05) is 36.4 Å². The van der Waals surface area contributed by atoms with E-state index in [9.17, 15) is 4.79 Å². The van der Waals surface area contributed by atoms with Crippen LogP contribution in [0, 0.1) is 0 Å². The zero-order valence-electron chi connectivity index (χ0n) is 10.6. The molecule has 1 amide bonds. The van der Waals surface area contributed by atoms with E-state index in [-0.39, 0.29) is 17.4 Å². The van der Waals surface area contributed by atoms with Crippen LogP contribution in [0.4, 0.5) is 0 Å². The number of hydrogen-bond donors (Lipinski definition) is 1. The Morgan fingerprint density at radius 2 is 1.63 bits per heavy atom. The van der Waals surface area contributed by atoms with Crippen molar-refractivity contribution < 1.29 is 4.79 Å². The van der Waals surface area contributed by atoms with Crippen LogP contribution in [0.25, 0.3) is 0 Å². The zero-order chi connectivity index (χ0) is 12.9. The van der Waals surface area contributed by atoms with Gasteiger partial charge in [0.25, 0.3) is 5.91 Å². The van der Waals surface area contributed by atoms with E-state index in [1.165, 1.54) is 11.1 Å². The first-order valence-electron chi connectivity index (χ1n) is 6.77. The molecule has 1 aliphatic heterocycles. The molecule has 0 saturated heterocycles. The number of carbonyl (C=O) groups excluding carboxylic acids is 1. The van der Waals surface area contributed by atoms with E-state index in [1.54, 1.807) is 0 Å². The van der Waals surface area contributed by atoms with E-state index in [0.29, 0.717) is 0 Å². The molecule has 0 aromatic heterocycles. The minimum Gasteiger partial charge on any atom is -0.344 e. The van der Waals surface area contributed by atoms with Gasteiger partial charge in [0.05, 0.1) is 6.04 Å². The molecule has 2 aliphatic rings. The van der Waals surface area contributed by atoms with Crippen LogP contribution in [-0.4, -0.2) is 5.91 Å². The van der Waals surface area contributed by atoms with Gasteiger partial charge in [-0.2, -0.15) is 0 Å². The smallest absolute Gasteiger partial charge is 0.252 e. The molecule has 0 radical (unpaired) electrons. The van der Waals surface area contributed by atoms with Gasteiger partial charge in [-0.3, -0.25) is 4.79 Å². The molecule has 0 bridgehead atoms. The van der Waals surface area contributed by atoms with Crippen molar-refractivity contribution in [3.63, 3.8) is 0 Å². The Balaban J connectivity index is 1.87. The highest BCUT2D eigenvalue weighted by Crippen LogP contribution is 2.58. The number of nitrogens with one attached hydrogen (secondary N) is 1. The Hall–Kier alpha value is -2.09. The van der Waals surface area contributed by atoms with Crippen molar-refractivity contribution >= 4 is 5.91 Å². The topological polar surface area (TPSA) is 29.1 Å². The lowest BCUT2D eigenvalue weighted by atomic mass is 9.78. The minimum absolute atomic E-state index is 0.0574. The summed E-state index contributed by atoms with van der Waals surface area (Å²) in [6.07, 6.45) is 2.31. The fraction of sp³-hybridized carbons (Fsp3) is 0.235. The van der Waals surface area contributed by atoms with Crippen molar-refractivity contribution in [3.05, 3.63) is 71.3 Å². The van der Waals surface area contributed by atoms with E-state index >= 15 is 0 Å². The summed E-state index contributed by atoms with van der Waals surface area (Å²) in [5.74, 6) is 0.0574. The molecule has 2 aromatic rings. The fourth-order valence-electron chi connectivity index (χ4n) is 3.36. The molecule has 1 spiro atoms. The van der Waals surface area contributed by atoms with Gasteiger partial charge in [-0.05, 0) is 30.0 Å². The second-order valence-electron chi connectivity index (χ2n) is 5.52. The second kappa shape index (κ2) is 3.70. The molecule has 1 unspecified atom stereocenters. The SMILES string of the molecule is O=C1NC(c2ccccc2)C2(CC2)c2ccccc21. The van der Waals surface area contributed by atoms with Gasteiger partial charge >= 0.3 is 0 Å². The van der Waals surface area contributed by atoms with Crippen LogP contribution < -0.4 is 5.32 Å². The molecule has 1 heterocycles. The van der Waals surface area contributed by atoms with Crippen LogP contribution in [0.15, 0.2) is 54.6 Å². The predicted molar refractivity (Wildman–Crippen MR) is 74.0 cm³/mol. The van der Waals surface area contributed by atoms with Crippen LogP contribution in [0.3, 0.4) is 0 Å². The van der Waals surface area contributed by atoms with E-state index in [2.05, 4.69) is 23.5 Å². The summed E-state index contributed by atoms with van der Waals surface area (Å²) in [5.41, 5.74) is 3.42. The highest BCUT2D eigenvalue weighted by atomic mass is 16.1. The van der Waals surface area contributed by atoms with Gasteiger partial charge in [-0.25, -0.2) is 0 Å². The molecule has 2 heteroatoms. The molecule has 94 valence electrons. The molecular formula is C17H15NO. The average molecular weight is 249 g/mol. The summed E-state index contributed by atoms with van der Waals surface area (Å²) >= 11 is 0.